The molecule has 0 radical (unpaired) electrons. The van der Waals surface area contributed by atoms with Gasteiger partial charge >= 0.3 is 5.97 Å². The molecule has 2 aromatic rings. The van der Waals surface area contributed by atoms with Crippen molar-refractivity contribution in [3.63, 3.8) is 0 Å². The van der Waals surface area contributed by atoms with Crippen LogP contribution >= 0.6 is 0 Å². The summed E-state index contributed by atoms with van der Waals surface area (Å²) in [6, 6.07) is 9.24. The Morgan fingerprint density at radius 2 is 2.20 bits per heavy atom. The number of furan rings is 1. The lowest BCUT2D eigenvalue weighted by atomic mass is 10.1. The average molecular weight is 272 g/mol. The van der Waals surface area contributed by atoms with Crippen LogP contribution < -0.4 is 0 Å². The number of fused-ring (bicyclic) bond motifs is 1. The molecule has 0 aliphatic rings. The lowest BCUT2D eigenvalue weighted by Gasteiger charge is -2.21. The summed E-state index contributed by atoms with van der Waals surface area (Å²) >= 11 is 0. The number of nitrogens with zero attached hydrogens (tertiary/aromatic N) is 2. The maximum absolute atomic E-state index is 11.4. The Kier molecular flexibility index (Phi) is 4.06. The minimum absolute atomic E-state index is 0.0369. The molecular weight excluding hydrogens is 256 g/mol. The third-order valence-corrected chi connectivity index (χ3v) is 3.41. The van der Waals surface area contributed by atoms with Gasteiger partial charge in [-0.3, -0.25) is 4.90 Å². The van der Waals surface area contributed by atoms with E-state index in [9.17, 15) is 9.90 Å². The largest absolute Gasteiger partial charge is 0.478 e. The first kappa shape index (κ1) is 14.1. The molecule has 104 valence electrons. The monoisotopic (exact) mass is 272 g/mol. The first-order valence-corrected chi connectivity index (χ1v) is 6.35. The maximum Gasteiger partial charge on any atom is 0.339 e. The molecule has 0 fully saturated rings. The van der Waals surface area contributed by atoms with Gasteiger partial charge in [0.2, 0.25) is 0 Å². The van der Waals surface area contributed by atoms with Crippen LogP contribution in [0.3, 0.4) is 0 Å². The van der Waals surface area contributed by atoms with Crippen LogP contribution in [0.1, 0.15) is 29.5 Å². The van der Waals surface area contributed by atoms with Crippen molar-refractivity contribution in [2.75, 3.05) is 7.05 Å². The molecule has 5 heteroatoms. The average Bonchev–Trinajstić information content (AvgIpc) is 2.76. The lowest BCUT2D eigenvalue weighted by Crippen LogP contribution is -2.28. The van der Waals surface area contributed by atoms with Crippen LogP contribution in [0.5, 0.6) is 0 Å². The Labute approximate surface area is 117 Å². The second-order valence-electron chi connectivity index (χ2n) is 4.83. The molecule has 0 spiro atoms. The Balaban J connectivity index is 2.37. The molecule has 5 nitrogen and oxygen atoms in total. The van der Waals surface area contributed by atoms with E-state index in [0.29, 0.717) is 29.7 Å². The van der Waals surface area contributed by atoms with Gasteiger partial charge in [0.25, 0.3) is 0 Å². The van der Waals surface area contributed by atoms with Crippen LogP contribution in [0.2, 0.25) is 0 Å². The van der Waals surface area contributed by atoms with Gasteiger partial charge in [-0.25, -0.2) is 4.79 Å². The smallest absolute Gasteiger partial charge is 0.339 e. The van der Waals surface area contributed by atoms with Gasteiger partial charge in [0, 0.05) is 11.4 Å². The number of benzene rings is 1. The summed E-state index contributed by atoms with van der Waals surface area (Å²) in [5.74, 6) is -0.572. The van der Waals surface area contributed by atoms with Crippen LogP contribution in [0, 0.1) is 11.3 Å². The fraction of sp³-hybridized carbons (Fsp3) is 0.333. The molecule has 1 unspecified atom stereocenters. The second-order valence-corrected chi connectivity index (χ2v) is 4.83. The SMILES string of the molecule is CC(CC#N)N(C)Cc1oc2ccccc2c1C(=O)O. The van der Waals surface area contributed by atoms with Crippen molar-refractivity contribution in [1.29, 1.82) is 5.26 Å². The summed E-state index contributed by atoms with van der Waals surface area (Å²) in [5, 5.41) is 18.7. The number of carboxylic acid groups (broad SMARTS) is 1. The second kappa shape index (κ2) is 5.76. The van der Waals surface area contributed by atoms with Crippen LogP contribution in [0.25, 0.3) is 11.0 Å². The fourth-order valence-corrected chi connectivity index (χ4v) is 2.11. The third-order valence-electron chi connectivity index (χ3n) is 3.41. The highest BCUT2D eigenvalue weighted by atomic mass is 16.4. The number of hydrogen-bond donors (Lipinski definition) is 1. The van der Waals surface area contributed by atoms with Crippen LogP contribution in [0.4, 0.5) is 0 Å². The molecule has 0 aliphatic carbocycles. The Bertz CT molecular complexity index is 669. The zero-order valence-corrected chi connectivity index (χ0v) is 11.5. The highest BCUT2D eigenvalue weighted by Gasteiger charge is 2.22. The topological polar surface area (TPSA) is 77.5 Å². The number of nitriles is 1. The first-order chi connectivity index (χ1) is 9.54. The van der Waals surface area contributed by atoms with E-state index in [2.05, 4.69) is 6.07 Å². The number of aromatic carboxylic acids is 1. The zero-order valence-electron chi connectivity index (χ0n) is 11.5. The molecular formula is C15H16N2O3. The molecule has 0 saturated carbocycles. The van der Waals surface area contributed by atoms with E-state index in [1.165, 1.54) is 0 Å². The van der Waals surface area contributed by atoms with Gasteiger partial charge in [-0.1, -0.05) is 18.2 Å². The summed E-state index contributed by atoms with van der Waals surface area (Å²) in [7, 11) is 1.85. The molecule has 1 atom stereocenters. The van der Waals surface area contributed by atoms with Gasteiger partial charge in [-0.05, 0) is 20.0 Å². The molecule has 20 heavy (non-hydrogen) atoms. The van der Waals surface area contributed by atoms with Gasteiger partial charge in [0.15, 0.2) is 0 Å². The number of carbonyl (C=O) groups is 1. The number of para-hydroxylation sites is 1. The standard InChI is InChI=1S/C15H16N2O3/c1-10(7-8-16)17(2)9-13-14(15(18)19)11-5-3-4-6-12(11)20-13/h3-6,10H,7,9H2,1-2H3,(H,18,19). The van der Waals surface area contributed by atoms with Crippen LogP contribution in [-0.2, 0) is 6.54 Å². The van der Waals surface area contributed by atoms with Crippen molar-refractivity contribution < 1.29 is 14.3 Å². The summed E-state index contributed by atoms with van der Waals surface area (Å²) in [6.45, 7) is 2.28. The molecule has 0 amide bonds. The van der Waals surface area contributed by atoms with E-state index < -0.39 is 5.97 Å². The fourth-order valence-electron chi connectivity index (χ4n) is 2.11. The van der Waals surface area contributed by atoms with E-state index in [4.69, 9.17) is 9.68 Å². The molecule has 0 bridgehead atoms. The Hall–Kier alpha value is -2.32. The molecule has 1 aromatic heterocycles. The summed E-state index contributed by atoms with van der Waals surface area (Å²) in [4.78, 5) is 13.4. The van der Waals surface area contributed by atoms with E-state index in [1.54, 1.807) is 18.2 Å². The van der Waals surface area contributed by atoms with Crippen molar-refractivity contribution in [3.8, 4) is 6.07 Å². The van der Waals surface area contributed by atoms with E-state index in [-0.39, 0.29) is 11.6 Å². The van der Waals surface area contributed by atoms with Gasteiger partial charge < -0.3 is 9.52 Å². The number of carboxylic acids is 1. The van der Waals surface area contributed by atoms with Crippen LogP contribution in [0.15, 0.2) is 28.7 Å². The van der Waals surface area contributed by atoms with Crippen molar-refractivity contribution >= 4 is 16.9 Å². The van der Waals surface area contributed by atoms with E-state index in [0.717, 1.165) is 0 Å². The summed E-state index contributed by atoms with van der Waals surface area (Å²) in [5.41, 5.74) is 0.776. The van der Waals surface area contributed by atoms with Gasteiger partial charge in [-0.2, -0.15) is 5.26 Å². The minimum atomic E-state index is -0.994. The van der Waals surface area contributed by atoms with Crippen LogP contribution in [-0.4, -0.2) is 29.1 Å². The molecule has 0 aliphatic heterocycles. The highest BCUT2D eigenvalue weighted by molar-refractivity contribution is 6.03. The minimum Gasteiger partial charge on any atom is -0.478 e. The number of hydrogen-bond acceptors (Lipinski definition) is 4. The van der Waals surface area contributed by atoms with Gasteiger partial charge in [-0.15, -0.1) is 0 Å². The van der Waals surface area contributed by atoms with Crippen molar-refractivity contribution in [3.05, 3.63) is 35.6 Å². The normalized spacial score (nSPS) is 12.5. The predicted molar refractivity (Wildman–Crippen MR) is 74.3 cm³/mol. The molecule has 0 saturated heterocycles. The molecule has 1 N–H and O–H groups in total. The third kappa shape index (κ3) is 2.65. The first-order valence-electron chi connectivity index (χ1n) is 6.35. The highest BCUT2D eigenvalue weighted by Crippen LogP contribution is 2.27. The Morgan fingerprint density at radius 1 is 1.50 bits per heavy atom. The van der Waals surface area contributed by atoms with E-state index in [1.807, 2.05) is 24.9 Å². The predicted octanol–water partition coefficient (Wildman–Crippen LogP) is 2.86. The van der Waals surface area contributed by atoms with Gasteiger partial charge in [0.05, 0.1) is 19.0 Å². The quantitative estimate of drug-likeness (QED) is 0.905. The molecule has 1 heterocycles. The zero-order chi connectivity index (χ0) is 14.7. The Morgan fingerprint density at radius 3 is 2.85 bits per heavy atom. The summed E-state index contributed by atoms with van der Waals surface area (Å²) in [6.07, 6.45) is 0.388. The summed E-state index contributed by atoms with van der Waals surface area (Å²) < 4.78 is 5.65. The van der Waals surface area contributed by atoms with Crippen molar-refractivity contribution in [2.45, 2.75) is 25.9 Å². The molecule has 1 aromatic carbocycles. The molecule has 2 rings (SSSR count). The van der Waals surface area contributed by atoms with Crippen molar-refractivity contribution in [2.24, 2.45) is 0 Å². The van der Waals surface area contributed by atoms with Crippen molar-refractivity contribution in [1.82, 2.24) is 4.90 Å². The maximum atomic E-state index is 11.4. The van der Waals surface area contributed by atoms with E-state index >= 15 is 0 Å². The number of rotatable bonds is 5. The van der Waals surface area contributed by atoms with Gasteiger partial charge in [0.1, 0.15) is 16.9 Å². The lowest BCUT2D eigenvalue weighted by molar-refractivity contribution is 0.0694.